The van der Waals surface area contributed by atoms with Gasteiger partial charge in [-0.25, -0.2) is 0 Å². The van der Waals surface area contributed by atoms with E-state index in [0.29, 0.717) is 24.2 Å². The number of hydrogen-bond acceptors (Lipinski definition) is 4. The second kappa shape index (κ2) is 6.59. The lowest BCUT2D eigenvalue weighted by Gasteiger charge is -2.37. The van der Waals surface area contributed by atoms with Crippen molar-refractivity contribution in [3.8, 4) is 0 Å². The van der Waals surface area contributed by atoms with Gasteiger partial charge in [-0.2, -0.15) is 0 Å². The van der Waals surface area contributed by atoms with Gasteiger partial charge in [-0.15, -0.1) is 0 Å². The molecule has 0 aromatic heterocycles. The lowest BCUT2D eigenvalue weighted by Crippen LogP contribution is -2.53. The number of carbonyl (C=O) groups excluding carboxylic acids is 3. The number of fused-ring (bicyclic) bond motifs is 1. The highest BCUT2D eigenvalue weighted by atomic mass is 16.2. The molecule has 0 saturated carbocycles. The van der Waals surface area contributed by atoms with E-state index in [9.17, 15) is 14.4 Å². The van der Waals surface area contributed by atoms with Gasteiger partial charge in [0.15, 0.2) is 0 Å². The molecule has 0 radical (unpaired) electrons. The number of rotatable bonds is 3. The first kappa shape index (κ1) is 17.6. The topological polar surface area (TPSA) is 83.7 Å². The summed E-state index contributed by atoms with van der Waals surface area (Å²) >= 11 is 0. The summed E-state index contributed by atoms with van der Waals surface area (Å²) in [6.45, 7) is 6.69. The van der Waals surface area contributed by atoms with Gasteiger partial charge in [0.05, 0.1) is 11.1 Å². The maximum absolute atomic E-state index is 12.9. The van der Waals surface area contributed by atoms with Gasteiger partial charge in [0.1, 0.15) is 6.04 Å². The number of piperidine rings is 1. The van der Waals surface area contributed by atoms with Gasteiger partial charge in [0, 0.05) is 19.1 Å². The average Bonchev–Trinajstić information content (AvgIpc) is 2.84. The van der Waals surface area contributed by atoms with Crippen LogP contribution < -0.4 is 5.73 Å². The van der Waals surface area contributed by atoms with Crippen LogP contribution >= 0.6 is 0 Å². The summed E-state index contributed by atoms with van der Waals surface area (Å²) in [6.07, 6.45) is 1.90. The lowest BCUT2D eigenvalue weighted by molar-refractivity contribution is -0.136. The maximum Gasteiger partial charge on any atom is 0.262 e. The molecule has 1 aromatic carbocycles. The van der Waals surface area contributed by atoms with Crippen LogP contribution in [0, 0.1) is 12.8 Å². The third kappa shape index (κ3) is 3.06. The first-order valence-electron chi connectivity index (χ1n) is 8.84. The summed E-state index contributed by atoms with van der Waals surface area (Å²) in [5, 5.41) is 0. The van der Waals surface area contributed by atoms with Crippen molar-refractivity contribution in [2.24, 2.45) is 11.7 Å². The van der Waals surface area contributed by atoms with Gasteiger partial charge in [-0.3, -0.25) is 19.3 Å². The molecule has 0 spiro atoms. The SMILES string of the molecule is Cc1ccc2c(c1)C(=O)N(C(C)C(=O)N1CCCC(C(C)N)C1)C2=O. The monoisotopic (exact) mass is 343 g/mol. The Bertz CT molecular complexity index is 729. The van der Waals surface area contributed by atoms with Crippen molar-refractivity contribution in [2.45, 2.75) is 45.7 Å². The fourth-order valence-electron chi connectivity index (χ4n) is 3.74. The molecule has 3 unspecified atom stereocenters. The molecule has 2 aliphatic rings. The highest BCUT2D eigenvalue weighted by Gasteiger charge is 2.42. The predicted molar refractivity (Wildman–Crippen MR) is 94.1 cm³/mol. The molecular formula is C19H25N3O3. The van der Waals surface area contributed by atoms with Gasteiger partial charge in [-0.1, -0.05) is 11.6 Å². The Hall–Kier alpha value is -2.21. The van der Waals surface area contributed by atoms with Gasteiger partial charge in [-0.05, 0) is 51.7 Å². The summed E-state index contributed by atoms with van der Waals surface area (Å²) < 4.78 is 0. The Morgan fingerprint density at radius 1 is 1.20 bits per heavy atom. The number of carbonyl (C=O) groups is 3. The van der Waals surface area contributed by atoms with E-state index in [1.165, 1.54) is 0 Å². The number of imide groups is 1. The number of hydrogen-bond donors (Lipinski definition) is 1. The zero-order valence-electron chi connectivity index (χ0n) is 15.0. The van der Waals surface area contributed by atoms with Crippen LogP contribution in [0.25, 0.3) is 0 Å². The minimum atomic E-state index is -0.806. The third-order valence-electron chi connectivity index (χ3n) is 5.33. The number of aryl methyl sites for hydroxylation is 1. The summed E-state index contributed by atoms with van der Waals surface area (Å²) in [5.41, 5.74) is 7.66. The maximum atomic E-state index is 12.9. The molecule has 0 bridgehead atoms. The molecule has 2 N–H and O–H groups in total. The van der Waals surface area contributed by atoms with Crippen LogP contribution in [-0.4, -0.2) is 52.7 Å². The van der Waals surface area contributed by atoms with Crippen LogP contribution in [0.5, 0.6) is 0 Å². The molecule has 25 heavy (non-hydrogen) atoms. The smallest absolute Gasteiger partial charge is 0.262 e. The molecule has 3 amide bonds. The fraction of sp³-hybridized carbons (Fsp3) is 0.526. The Morgan fingerprint density at radius 3 is 2.56 bits per heavy atom. The van der Waals surface area contributed by atoms with E-state index >= 15 is 0 Å². The number of nitrogens with two attached hydrogens (primary N) is 1. The molecule has 1 aromatic rings. The second-order valence-electron chi connectivity index (χ2n) is 7.25. The van der Waals surface area contributed by atoms with Crippen molar-refractivity contribution in [3.05, 3.63) is 34.9 Å². The van der Waals surface area contributed by atoms with Crippen molar-refractivity contribution < 1.29 is 14.4 Å². The normalized spacial score (nSPS) is 22.8. The molecule has 0 aliphatic carbocycles. The van der Waals surface area contributed by atoms with Crippen LogP contribution in [0.4, 0.5) is 0 Å². The Morgan fingerprint density at radius 2 is 1.88 bits per heavy atom. The second-order valence-corrected chi connectivity index (χ2v) is 7.25. The van der Waals surface area contributed by atoms with Crippen LogP contribution in [0.15, 0.2) is 18.2 Å². The van der Waals surface area contributed by atoms with Gasteiger partial charge < -0.3 is 10.6 Å². The number of nitrogens with zero attached hydrogens (tertiary/aromatic N) is 2. The van der Waals surface area contributed by atoms with Gasteiger partial charge in [0.2, 0.25) is 5.91 Å². The summed E-state index contributed by atoms with van der Waals surface area (Å²) in [4.78, 5) is 41.1. The van der Waals surface area contributed by atoms with Gasteiger partial charge >= 0.3 is 0 Å². The average molecular weight is 343 g/mol. The molecule has 3 atom stereocenters. The fourth-order valence-corrected chi connectivity index (χ4v) is 3.74. The quantitative estimate of drug-likeness (QED) is 0.844. The van der Waals surface area contributed by atoms with Crippen molar-refractivity contribution in [3.63, 3.8) is 0 Å². The van der Waals surface area contributed by atoms with Crippen molar-refractivity contribution in [1.82, 2.24) is 9.80 Å². The summed E-state index contributed by atoms with van der Waals surface area (Å²) in [6, 6.07) is 4.39. The van der Waals surface area contributed by atoms with Crippen molar-refractivity contribution >= 4 is 17.7 Å². The van der Waals surface area contributed by atoms with Gasteiger partial charge in [0.25, 0.3) is 11.8 Å². The van der Waals surface area contributed by atoms with E-state index in [0.717, 1.165) is 23.3 Å². The first-order chi connectivity index (χ1) is 11.8. The van der Waals surface area contributed by atoms with Crippen LogP contribution in [0.1, 0.15) is 53.0 Å². The Kier molecular flexibility index (Phi) is 4.64. The molecule has 6 heteroatoms. The van der Waals surface area contributed by atoms with Crippen molar-refractivity contribution in [1.29, 1.82) is 0 Å². The summed E-state index contributed by atoms with van der Waals surface area (Å²) in [7, 11) is 0. The largest absolute Gasteiger partial charge is 0.341 e. The predicted octanol–water partition coefficient (Wildman–Crippen LogP) is 1.57. The van der Waals surface area contributed by atoms with Crippen molar-refractivity contribution in [2.75, 3.05) is 13.1 Å². The molecule has 2 heterocycles. The van der Waals surface area contributed by atoms with E-state index < -0.39 is 6.04 Å². The minimum Gasteiger partial charge on any atom is -0.341 e. The minimum absolute atomic E-state index is 0.0215. The highest BCUT2D eigenvalue weighted by Crippen LogP contribution is 2.27. The molecule has 6 nitrogen and oxygen atoms in total. The molecule has 1 saturated heterocycles. The molecule has 2 aliphatic heterocycles. The molecule has 134 valence electrons. The van der Waals surface area contributed by atoms with E-state index in [2.05, 4.69) is 0 Å². The van der Waals surface area contributed by atoms with E-state index in [1.54, 1.807) is 30.0 Å². The number of benzene rings is 1. The number of likely N-dealkylation sites (tertiary alicyclic amines) is 1. The first-order valence-corrected chi connectivity index (χ1v) is 8.84. The number of amides is 3. The molecule has 3 rings (SSSR count). The molecule has 1 fully saturated rings. The highest BCUT2D eigenvalue weighted by molar-refractivity contribution is 6.22. The Labute approximate surface area is 148 Å². The zero-order chi connectivity index (χ0) is 18.3. The zero-order valence-corrected chi connectivity index (χ0v) is 15.0. The van der Waals surface area contributed by atoms with Crippen LogP contribution in [0.2, 0.25) is 0 Å². The summed E-state index contributed by atoms with van der Waals surface area (Å²) in [5.74, 6) is -0.696. The van der Waals surface area contributed by atoms with E-state index in [4.69, 9.17) is 5.73 Å². The van der Waals surface area contributed by atoms with Crippen LogP contribution in [0.3, 0.4) is 0 Å². The van der Waals surface area contributed by atoms with E-state index in [1.807, 2.05) is 13.8 Å². The standard InChI is InChI=1S/C19H25N3O3/c1-11-6-7-15-16(9-11)19(25)22(18(15)24)13(3)17(23)21-8-4-5-14(10-21)12(2)20/h6-7,9,12-14H,4-5,8,10,20H2,1-3H3. The third-order valence-corrected chi connectivity index (χ3v) is 5.33. The Balaban J connectivity index is 1.79. The van der Waals surface area contributed by atoms with E-state index in [-0.39, 0.29) is 29.7 Å². The molecular weight excluding hydrogens is 318 g/mol. The lowest BCUT2D eigenvalue weighted by atomic mass is 9.92. The van der Waals surface area contributed by atoms with Crippen LogP contribution in [-0.2, 0) is 4.79 Å².